The third kappa shape index (κ3) is 4.34. The molecule has 4 nitrogen and oxygen atoms in total. The predicted octanol–water partition coefficient (Wildman–Crippen LogP) is 12.8. The Morgan fingerprint density at radius 1 is 0.481 bits per heavy atom. The molecule has 0 aliphatic heterocycles. The zero-order chi connectivity index (χ0) is 42.9. The molecule has 0 spiro atoms. The minimum atomic E-state index is -0.588. The first kappa shape index (κ1) is 20.6. The minimum Gasteiger partial charge on any atom is -0.456 e. The summed E-state index contributed by atoms with van der Waals surface area (Å²) in [5.74, 6) is 0.00573. The lowest BCUT2D eigenvalue weighted by Crippen LogP contribution is -1.99. The van der Waals surface area contributed by atoms with E-state index in [0.717, 1.165) is 48.7 Å². The second kappa shape index (κ2) is 11.2. The van der Waals surface area contributed by atoms with Gasteiger partial charge in [-0.3, -0.25) is 0 Å². The normalized spacial score (nSPS) is 14.5. The van der Waals surface area contributed by atoms with E-state index in [1.165, 1.54) is 6.07 Å². The van der Waals surface area contributed by atoms with Crippen LogP contribution >= 0.6 is 0 Å². The fourth-order valence-electron chi connectivity index (χ4n) is 7.55. The van der Waals surface area contributed by atoms with Crippen molar-refractivity contribution in [1.29, 1.82) is 0 Å². The van der Waals surface area contributed by atoms with E-state index in [1.807, 2.05) is 60.7 Å². The highest BCUT2D eigenvalue weighted by molar-refractivity contribution is 6.28. The molecule has 8 aromatic carbocycles. The van der Waals surface area contributed by atoms with E-state index >= 15 is 0 Å². The molecule has 0 N–H and O–H groups in total. The molecule has 3 aromatic heterocycles. The van der Waals surface area contributed by atoms with Crippen molar-refractivity contribution in [3.63, 3.8) is 0 Å². The molecular weight excluding hydrogens is 635 g/mol. The summed E-state index contributed by atoms with van der Waals surface area (Å²) in [5.41, 5.74) is 3.34. The van der Waals surface area contributed by atoms with Crippen molar-refractivity contribution >= 4 is 65.3 Å². The quantitative estimate of drug-likeness (QED) is 0.187. The summed E-state index contributed by atoms with van der Waals surface area (Å²) in [5, 5.41) is 7.78. The highest BCUT2D eigenvalue weighted by atomic mass is 16.3. The predicted molar refractivity (Wildman–Crippen MR) is 215 cm³/mol. The van der Waals surface area contributed by atoms with Crippen LogP contribution in [0.5, 0.6) is 0 Å². The first-order chi connectivity index (χ1) is 29.9. The highest BCUT2D eigenvalue weighted by Gasteiger charge is 2.22. The van der Waals surface area contributed by atoms with Crippen molar-refractivity contribution in [2.24, 2.45) is 0 Å². The van der Waals surface area contributed by atoms with Crippen molar-refractivity contribution in [2.45, 2.75) is 0 Å². The van der Waals surface area contributed by atoms with Crippen LogP contribution in [0.4, 0.5) is 0 Å². The van der Waals surface area contributed by atoms with Crippen LogP contribution in [0.1, 0.15) is 13.7 Å². The van der Waals surface area contributed by atoms with Gasteiger partial charge in [-0.25, -0.2) is 9.97 Å². The van der Waals surface area contributed by atoms with E-state index in [-0.39, 0.29) is 28.3 Å². The number of furan rings is 1. The van der Waals surface area contributed by atoms with Crippen molar-refractivity contribution in [3.8, 4) is 39.6 Å². The van der Waals surface area contributed by atoms with E-state index in [1.54, 1.807) is 0 Å². The largest absolute Gasteiger partial charge is 0.456 e. The van der Waals surface area contributed by atoms with Crippen LogP contribution in [0.2, 0.25) is 0 Å². The summed E-state index contributed by atoms with van der Waals surface area (Å²) in [6.07, 6.45) is 0. The molecule has 0 fully saturated rings. The van der Waals surface area contributed by atoms with Gasteiger partial charge >= 0.3 is 0 Å². The summed E-state index contributed by atoms with van der Waals surface area (Å²) in [6, 6.07) is 32.0. The smallest absolute Gasteiger partial charge is 0.161 e. The van der Waals surface area contributed by atoms with Crippen LogP contribution in [0, 0.1) is 0 Å². The molecule has 11 aromatic rings. The lowest BCUT2D eigenvalue weighted by atomic mass is 10.00. The second-order valence-corrected chi connectivity index (χ2v) is 12.6. The monoisotopic (exact) mass is 673 g/mol. The average molecular weight is 674 g/mol. The van der Waals surface area contributed by atoms with Gasteiger partial charge in [-0.15, -0.1) is 0 Å². The lowest BCUT2D eigenvalue weighted by molar-refractivity contribution is 0.668. The Morgan fingerprint density at radius 3 is 1.62 bits per heavy atom. The maximum Gasteiger partial charge on any atom is 0.161 e. The average Bonchev–Trinajstić information content (AvgIpc) is 3.85. The molecule has 0 unspecified atom stereocenters. The number of para-hydroxylation sites is 1. The molecule has 0 atom stereocenters. The van der Waals surface area contributed by atoms with Gasteiger partial charge in [-0.2, -0.15) is 0 Å². The highest BCUT2D eigenvalue weighted by Crippen LogP contribution is 2.44. The van der Waals surface area contributed by atoms with Crippen LogP contribution in [0.3, 0.4) is 0 Å². The van der Waals surface area contributed by atoms with Gasteiger partial charge in [0.05, 0.1) is 41.8 Å². The van der Waals surface area contributed by atoms with Crippen molar-refractivity contribution in [2.75, 3.05) is 0 Å². The van der Waals surface area contributed by atoms with E-state index < -0.39 is 60.4 Å². The van der Waals surface area contributed by atoms with Crippen molar-refractivity contribution in [1.82, 2.24) is 14.5 Å². The summed E-state index contributed by atoms with van der Waals surface area (Å²) in [4.78, 5) is 9.87. The number of hydrogen-bond donors (Lipinski definition) is 0. The Labute approximate surface area is 312 Å². The summed E-state index contributed by atoms with van der Waals surface area (Å²) >= 11 is 0. The van der Waals surface area contributed by atoms with Crippen molar-refractivity contribution in [3.05, 3.63) is 176 Å². The topological polar surface area (TPSA) is 43.9 Å². The molecular formula is C48H29N3O. The molecule has 0 aliphatic carbocycles. The molecule has 3 heterocycles. The maximum absolute atomic E-state index is 8.90. The number of fused-ring (bicyclic) bond motifs is 10. The van der Waals surface area contributed by atoms with E-state index in [9.17, 15) is 0 Å². The number of benzene rings is 8. The van der Waals surface area contributed by atoms with Crippen LogP contribution in [-0.2, 0) is 0 Å². The molecule has 242 valence electrons. The van der Waals surface area contributed by atoms with E-state index in [0.29, 0.717) is 27.8 Å². The third-order valence-corrected chi connectivity index (χ3v) is 9.75. The van der Waals surface area contributed by atoms with Crippen LogP contribution in [-0.4, -0.2) is 14.5 Å². The van der Waals surface area contributed by atoms with Crippen LogP contribution in [0.25, 0.3) is 105 Å². The SMILES string of the molecule is [2H]c1c([2H])c([2H])c(-c2cc(-c3c([2H])c([2H])c([2H])c([2H])c3[2H])nc(-c3cc(-n4c5ccc6ccccc6c5c5c6ccccc6ccc54)cc4oc5ccccc5c34)n2)c([2H])c1[2H]. The van der Waals surface area contributed by atoms with Gasteiger partial charge in [0.15, 0.2) is 5.82 Å². The van der Waals surface area contributed by atoms with Gasteiger partial charge in [0.25, 0.3) is 0 Å². The Morgan fingerprint density at radius 2 is 1.02 bits per heavy atom. The first-order valence-electron chi connectivity index (χ1n) is 21.8. The number of rotatable bonds is 4. The van der Waals surface area contributed by atoms with E-state index in [4.69, 9.17) is 28.1 Å². The molecule has 4 heteroatoms. The molecule has 0 aliphatic rings. The fourth-order valence-corrected chi connectivity index (χ4v) is 7.55. The van der Waals surface area contributed by atoms with Gasteiger partial charge in [0.1, 0.15) is 11.2 Å². The molecule has 0 bridgehead atoms. The standard InChI is InChI=1S/C48H29N3O/c1-3-15-32(16-4-1)39-29-40(33-17-5-2-6-18-33)50-48(49-39)38-27-34(28-44-45(38)37-21-11-12-22-43(37)52-44)51-41-25-23-30-13-7-9-19-35(30)46(41)47-36-20-10-8-14-31(36)24-26-42(47)51/h1-29H/i1D,2D,3D,4D,5D,6D,15D,16D,17D,18D. The molecule has 0 saturated heterocycles. The molecule has 11 rings (SSSR count). The van der Waals surface area contributed by atoms with Crippen LogP contribution < -0.4 is 0 Å². The molecule has 52 heavy (non-hydrogen) atoms. The lowest BCUT2D eigenvalue weighted by Gasteiger charge is -2.13. The first-order valence-corrected chi connectivity index (χ1v) is 16.8. The minimum absolute atomic E-state index is 0.00573. The van der Waals surface area contributed by atoms with Gasteiger partial charge in [-0.05, 0) is 51.9 Å². The Balaban J connectivity index is 1.30. The number of aromatic nitrogens is 3. The summed E-state index contributed by atoms with van der Waals surface area (Å²) in [6.45, 7) is 0. The van der Waals surface area contributed by atoms with Gasteiger partial charge in [-0.1, -0.05) is 139 Å². The third-order valence-electron chi connectivity index (χ3n) is 9.75. The molecule has 0 radical (unpaired) electrons. The van der Waals surface area contributed by atoms with Gasteiger partial charge < -0.3 is 8.98 Å². The van der Waals surface area contributed by atoms with E-state index in [2.05, 4.69) is 53.1 Å². The summed E-state index contributed by atoms with van der Waals surface area (Å²) in [7, 11) is 0. The zero-order valence-electron chi connectivity index (χ0n) is 37.2. The van der Waals surface area contributed by atoms with Crippen LogP contribution in [0.15, 0.2) is 180 Å². The Hall–Kier alpha value is -7.04. The maximum atomic E-state index is 8.90. The number of nitrogens with zero attached hydrogens (tertiary/aromatic N) is 3. The Bertz CT molecular complexity index is 3540. The van der Waals surface area contributed by atoms with Gasteiger partial charge in [0, 0.05) is 44.3 Å². The van der Waals surface area contributed by atoms with Crippen molar-refractivity contribution < 1.29 is 18.1 Å². The molecule has 0 saturated carbocycles. The number of hydrogen-bond acceptors (Lipinski definition) is 3. The van der Waals surface area contributed by atoms with Gasteiger partial charge in [0.2, 0.25) is 0 Å². The second-order valence-electron chi connectivity index (χ2n) is 12.6. The summed E-state index contributed by atoms with van der Waals surface area (Å²) < 4.78 is 94.9. The Kier molecular flexibility index (Phi) is 4.45. The zero-order valence-corrected chi connectivity index (χ0v) is 27.2. The fraction of sp³-hybridized carbons (Fsp3) is 0. The molecule has 0 amide bonds.